The van der Waals surface area contributed by atoms with Crippen LogP contribution in [-0.2, 0) is 19.4 Å². The molecule has 0 aromatic heterocycles. The van der Waals surface area contributed by atoms with Crippen LogP contribution >= 0.6 is 0 Å². The Hall–Kier alpha value is -1.15. The van der Waals surface area contributed by atoms with Crippen LogP contribution in [-0.4, -0.2) is 56.5 Å². The molecule has 0 bridgehead atoms. The maximum atomic E-state index is 11.3. The average Bonchev–Trinajstić information content (AvgIpc) is 2.19. The monoisotopic (exact) mass is 266 g/mol. The van der Waals surface area contributed by atoms with Gasteiger partial charge in [0.15, 0.2) is 0 Å². The highest BCUT2D eigenvalue weighted by Gasteiger charge is 2.21. The van der Waals surface area contributed by atoms with Gasteiger partial charge in [0.1, 0.15) is 15.9 Å². The summed E-state index contributed by atoms with van der Waals surface area (Å²) in [6.07, 6.45) is 0.887. The van der Waals surface area contributed by atoms with Crippen molar-refractivity contribution in [3.05, 3.63) is 0 Å². The van der Waals surface area contributed by atoms with Crippen molar-refractivity contribution in [3.8, 4) is 0 Å². The molecule has 0 saturated heterocycles. The second-order valence-electron chi connectivity index (χ2n) is 3.66. The maximum Gasteiger partial charge on any atom is 0.326 e. The van der Waals surface area contributed by atoms with Crippen molar-refractivity contribution in [3.63, 3.8) is 0 Å². The van der Waals surface area contributed by atoms with E-state index in [0.29, 0.717) is 6.54 Å². The summed E-state index contributed by atoms with van der Waals surface area (Å²) in [7, 11) is -3.24. The van der Waals surface area contributed by atoms with E-state index in [1.165, 1.54) is 0 Å². The van der Waals surface area contributed by atoms with Crippen molar-refractivity contribution in [2.45, 2.75) is 19.4 Å². The van der Waals surface area contributed by atoms with E-state index in [0.717, 1.165) is 6.26 Å². The van der Waals surface area contributed by atoms with Crippen LogP contribution in [0.2, 0.25) is 0 Å². The highest BCUT2D eigenvalue weighted by atomic mass is 32.2. The molecule has 8 heteroatoms. The van der Waals surface area contributed by atoms with Gasteiger partial charge in [-0.2, -0.15) is 0 Å². The lowest BCUT2D eigenvalue weighted by Gasteiger charge is -2.13. The number of carbonyl (C=O) groups excluding carboxylic acids is 1. The Morgan fingerprint density at radius 2 is 1.94 bits per heavy atom. The Morgan fingerprint density at radius 3 is 2.35 bits per heavy atom. The fourth-order valence-corrected chi connectivity index (χ4v) is 1.74. The number of sulfone groups is 1. The minimum Gasteiger partial charge on any atom is -0.480 e. The van der Waals surface area contributed by atoms with Crippen LogP contribution in [0.25, 0.3) is 0 Å². The van der Waals surface area contributed by atoms with Gasteiger partial charge in [0.05, 0.1) is 12.3 Å². The minimum absolute atomic E-state index is 0.0131. The summed E-state index contributed by atoms with van der Waals surface area (Å²) in [6.45, 7) is 2.42. The Labute approximate surface area is 101 Å². The Kier molecular flexibility index (Phi) is 6.74. The first-order valence-corrected chi connectivity index (χ1v) is 7.23. The molecule has 0 fully saturated rings. The molecule has 0 aliphatic heterocycles. The Bertz CT molecular complexity index is 366. The Morgan fingerprint density at radius 1 is 1.35 bits per heavy atom. The molecule has 0 aromatic carbocycles. The summed E-state index contributed by atoms with van der Waals surface area (Å²) >= 11 is 0. The standard InChI is InChI=1S/C9H18N2O5S/c1-3-10-6-8(12)11-7(9(13)14)4-5-17(2,15)16/h7,10H,3-6H2,1-2H3,(H,11,12)(H,13,14). The average molecular weight is 266 g/mol. The van der Waals surface area contributed by atoms with Gasteiger partial charge < -0.3 is 15.7 Å². The van der Waals surface area contributed by atoms with Crippen LogP contribution in [0.1, 0.15) is 13.3 Å². The van der Waals surface area contributed by atoms with E-state index in [-0.39, 0.29) is 18.7 Å². The van der Waals surface area contributed by atoms with Crippen molar-refractivity contribution < 1.29 is 23.1 Å². The number of carboxylic acid groups (broad SMARTS) is 1. The fourth-order valence-electron chi connectivity index (χ4n) is 1.07. The van der Waals surface area contributed by atoms with Gasteiger partial charge in [-0.1, -0.05) is 6.92 Å². The summed E-state index contributed by atoms with van der Waals surface area (Å²) < 4.78 is 21.8. The van der Waals surface area contributed by atoms with Gasteiger partial charge in [-0.05, 0) is 13.0 Å². The first-order chi connectivity index (χ1) is 7.76. The molecule has 3 N–H and O–H groups in total. The number of hydrogen-bond acceptors (Lipinski definition) is 5. The highest BCUT2D eigenvalue weighted by molar-refractivity contribution is 7.90. The molecule has 0 heterocycles. The predicted octanol–water partition coefficient (Wildman–Crippen LogP) is -1.40. The summed E-state index contributed by atoms with van der Waals surface area (Å²) in [6, 6.07) is -1.17. The zero-order valence-corrected chi connectivity index (χ0v) is 10.7. The summed E-state index contributed by atoms with van der Waals surface area (Å²) in [4.78, 5) is 22.1. The topological polar surface area (TPSA) is 113 Å². The van der Waals surface area contributed by atoms with E-state index < -0.39 is 27.8 Å². The minimum atomic E-state index is -3.24. The molecule has 0 aliphatic rings. The van der Waals surface area contributed by atoms with Crippen molar-refractivity contribution >= 4 is 21.7 Å². The molecule has 1 atom stereocenters. The van der Waals surface area contributed by atoms with Gasteiger partial charge >= 0.3 is 5.97 Å². The molecule has 100 valence electrons. The number of rotatable bonds is 8. The molecule has 0 radical (unpaired) electrons. The number of aliphatic carboxylic acids is 1. The van der Waals surface area contributed by atoms with Gasteiger partial charge in [-0.15, -0.1) is 0 Å². The molecular weight excluding hydrogens is 248 g/mol. The lowest BCUT2D eigenvalue weighted by atomic mass is 10.2. The smallest absolute Gasteiger partial charge is 0.326 e. The summed E-state index contributed by atoms with van der Waals surface area (Å²) in [5, 5.41) is 13.8. The predicted molar refractivity (Wildman–Crippen MR) is 62.4 cm³/mol. The van der Waals surface area contributed by atoms with Crippen molar-refractivity contribution in [2.24, 2.45) is 0 Å². The molecule has 0 rings (SSSR count). The third-order valence-corrected chi connectivity index (χ3v) is 2.92. The molecule has 0 aliphatic carbocycles. The summed E-state index contributed by atoms with van der Waals surface area (Å²) in [5.41, 5.74) is 0. The molecule has 1 amide bonds. The van der Waals surface area contributed by atoms with E-state index in [2.05, 4.69) is 10.6 Å². The molecule has 1 unspecified atom stereocenters. The van der Waals surface area contributed by atoms with Crippen molar-refractivity contribution in [2.75, 3.05) is 25.1 Å². The van der Waals surface area contributed by atoms with Crippen LogP contribution < -0.4 is 10.6 Å². The Balaban J connectivity index is 4.25. The highest BCUT2D eigenvalue weighted by Crippen LogP contribution is 1.97. The largest absolute Gasteiger partial charge is 0.480 e. The van der Waals surface area contributed by atoms with E-state index in [4.69, 9.17) is 5.11 Å². The molecule has 0 saturated carbocycles. The third-order valence-electron chi connectivity index (χ3n) is 1.95. The van der Waals surface area contributed by atoms with Crippen LogP contribution in [0, 0.1) is 0 Å². The lowest BCUT2D eigenvalue weighted by molar-refractivity contribution is -0.141. The second-order valence-corrected chi connectivity index (χ2v) is 5.92. The molecule has 0 aromatic rings. The lowest BCUT2D eigenvalue weighted by Crippen LogP contribution is -2.45. The molecule has 7 nitrogen and oxygen atoms in total. The molecule has 0 spiro atoms. The summed E-state index contributed by atoms with van der Waals surface area (Å²) in [5.74, 6) is -1.97. The SMILES string of the molecule is CCNCC(=O)NC(CCS(C)(=O)=O)C(=O)O. The van der Waals surface area contributed by atoms with E-state index in [9.17, 15) is 18.0 Å². The first kappa shape index (κ1) is 15.9. The van der Waals surface area contributed by atoms with Gasteiger partial charge in [0, 0.05) is 6.26 Å². The fraction of sp³-hybridized carbons (Fsp3) is 0.778. The van der Waals surface area contributed by atoms with E-state index >= 15 is 0 Å². The normalized spacial score (nSPS) is 13.1. The van der Waals surface area contributed by atoms with Gasteiger partial charge in [0.2, 0.25) is 5.91 Å². The quantitative estimate of drug-likeness (QED) is 0.498. The zero-order valence-electron chi connectivity index (χ0n) is 9.89. The second kappa shape index (κ2) is 7.23. The van der Waals surface area contributed by atoms with Crippen LogP contribution in [0.15, 0.2) is 0 Å². The van der Waals surface area contributed by atoms with E-state index in [1.54, 1.807) is 0 Å². The van der Waals surface area contributed by atoms with Gasteiger partial charge in [-0.25, -0.2) is 13.2 Å². The number of hydrogen-bond donors (Lipinski definition) is 3. The van der Waals surface area contributed by atoms with E-state index in [1.807, 2.05) is 6.92 Å². The first-order valence-electron chi connectivity index (χ1n) is 5.17. The zero-order chi connectivity index (χ0) is 13.5. The number of carboxylic acids is 1. The third kappa shape index (κ3) is 8.64. The van der Waals surface area contributed by atoms with Crippen molar-refractivity contribution in [1.29, 1.82) is 0 Å². The van der Waals surface area contributed by atoms with Gasteiger partial charge in [0.25, 0.3) is 0 Å². The number of carbonyl (C=O) groups is 2. The number of likely N-dealkylation sites (N-methyl/N-ethyl adjacent to an activating group) is 1. The number of amides is 1. The van der Waals surface area contributed by atoms with Crippen molar-refractivity contribution in [1.82, 2.24) is 10.6 Å². The maximum absolute atomic E-state index is 11.3. The van der Waals surface area contributed by atoms with Crippen LogP contribution in [0.4, 0.5) is 0 Å². The number of nitrogens with one attached hydrogen (secondary N) is 2. The van der Waals surface area contributed by atoms with Crippen LogP contribution in [0.5, 0.6) is 0 Å². The molecular formula is C9H18N2O5S. The molecule has 17 heavy (non-hydrogen) atoms. The van der Waals surface area contributed by atoms with Crippen LogP contribution in [0.3, 0.4) is 0 Å². The van der Waals surface area contributed by atoms with Gasteiger partial charge in [-0.3, -0.25) is 4.79 Å².